The monoisotopic (exact) mass is 329 g/mol. The van der Waals surface area contributed by atoms with E-state index in [1.165, 1.54) is 11.1 Å². The van der Waals surface area contributed by atoms with Gasteiger partial charge in [0.15, 0.2) is 0 Å². The molecule has 24 heavy (non-hydrogen) atoms. The minimum Gasteiger partial charge on any atom is -0.480 e. The van der Waals surface area contributed by atoms with Crippen LogP contribution in [-0.4, -0.2) is 32.1 Å². The van der Waals surface area contributed by atoms with Gasteiger partial charge in [0.1, 0.15) is 6.04 Å². The molecule has 5 heteroatoms. The molecule has 3 rings (SSSR count). The molecule has 1 aromatic heterocycles. The Morgan fingerprint density at radius 2 is 1.88 bits per heavy atom. The summed E-state index contributed by atoms with van der Waals surface area (Å²) in [6.45, 7) is 10.6. The fourth-order valence-corrected chi connectivity index (χ4v) is 3.57. The standard InChI is InChI=1S/C19H27N3O2/c1-11-14(8-16(20)18(23)24)15-6-12-9-22(19(2,3)4)10-13(12)7-17(15)21(11)5/h6-7,16H,8-10,20H2,1-5H3,(H,23,24). The van der Waals surface area contributed by atoms with E-state index in [1.807, 2.05) is 14.0 Å². The normalized spacial score (nSPS) is 16.6. The van der Waals surface area contributed by atoms with Crippen LogP contribution in [0.25, 0.3) is 10.9 Å². The molecule has 3 N–H and O–H groups in total. The molecule has 5 nitrogen and oxygen atoms in total. The van der Waals surface area contributed by atoms with Crippen LogP contribution < -0.4 is 5.73 Å². The first-order valence-corrected chi connectivity index (χ1v) is 8.42. The second kappa shape index (κ2) is 5.60. The van der Waals surface area contributed by atoms with E-state index in [9.17, 15) is 4.79 Å². The van der Waals surface area contributed by atoms with Gasteiger partial charge in [-0.05, 0) is 56.5 Å². The van der Waals surface area contributed by atoms with Crippen molar-refractivity contribution in [3.05, 3.63) is 34.5 Å². The van der Waals surface area contributed by atoms with Crippen LogP contribution in [0.5, 0.6) is 0 Å². The average Bonchev–Trinajstić information content (AvgIpc) is 3.00. The summed E-state index contributed by atoms with van der Waals surface area (Å²) in [5, 5.41) is 10.3. The van der Waals surface area contributed by atoms with Crippen LogP contribution in [0.2, 0.25) is 0 Å². The molecule has 2 aromatic rings. The Kier molecular flexibility index (Phi) is 3.97. The van der Waals surface area contributed by atoms with Gasteiger partial charge < -0.3 is 15.4 Å². The molecule has 0 aliphatic carbocycles. The van der Waals surface area contributed by atoms with Gasteiger partial charge in [-0.15, -0.1) is 0 Å². The molecular formula is C19H27N3O2. The number of carboxylic acid groups (broad SMARTS) is 1. The number of aryl methyl sites for hydroxylation is 1. The Hall–Kier alpha value is -1.85. The number of aromatic nitrogens is 1. The number of rotatable bonds is 3. The number of hydrogen-bond acceptors (Lipinski definition) is 3. The van der Waals surface area contributed by atoms with Gasteiger partial charge in [0.05, 0.1) is 0 Å². The first-order chi connectivity index (χ1) is 11.1. The second-order valence-electron chi connectivity index (χ2n) is 7.94. The van der Waals surface area contributed by atoms with Crippen molar-refractivity contribution in [1.82, 2.24) is 9.47 Å². The van der Waals surface area contributed by atoms with Gasteiger partial charge in [-0.3, -0.25) is 9.69 Å². The maximum absolute atomic E-state index is 11.2. The van der Waals surface area contributed by atoms with Gasteiger partial charge in [-0.1, -0.05) is 0 Å². The number of fused-ring (bicyclic) bond motifs is 2. The minimum absolute atomic E-state index is 0.135. The largest absolute Gasteiger partial charge is 0.480 e. The Balaban J connectivity index is 2.07. The summed E-state index contributed by atoms with van der Waals surface area (Å²) in [6, 6.07) is 3.64. The molecule has 1 atom stereocenters. The zero-order valence-electron chi connectivity index (χ0n) is 15.2. The topological polar surface area (TPSA) is 71.5 Å². The molecule has 0 spiro atoms. The third-order valence-corrected chi connectivity index (χ3v) is 5.36. The molecule has 0 bridgehead atoms. The van der Waals surface area contributed by atoms with Gasteiger partial charge in [0.2, 0.25) is 0 Å². The lowest BCUT2D eigenvalue weighted by molar-refractivity contribution is -0.138. The predicted octanol–water partition coefficient (Wildman–Crippen LogP) is 2.56. The predicted molar refractivity (Wildman–Crippen MR) is 96.0 cm³/mol. The maximum Gasteiger partial charge on any atom is 0.320 e. The lowest BCUT2D eigenvalue weighted by Gasteiger charge is -2.31. The Bertz CT molecular complexity index is 814. The molecule has 1 aliphatic heterocycles. The number of aliphatic carboxylic acids is 1. The maximum atomic E-state index is 11.2. The van der Waals surface area contributed by atoms with Gasteiger partial charge in [0.25, 0.3) is 0 Å². The van der Waals surface area contributed by atoms with E-state index in [4.69, 9.17) is 10.8 Å². The highest BCUT2D eigenvalue weighted by molar-refractivity contribution is 5.88. The number of nitrogens with zero attached hydrogens (tertiary/aromatic N) is 2. The van der Waals surface area contributed by atoms with Gasteiger partial charge in [-0.25, -0.2) is 0 Å². The molecule has 2 heterocycles. The van der Waals surface area contributed by atoms with Crippen LogP contribution >= 0.6 is 0 Å². The summed E-state index contributed by atoms with van der Waals surface area (Å²) >= 11 is 0. The molecule has 0 saturated carbocycles. The van der Waals surface area contributed by atoms with E-state index in [1.54, 1.807) is 0 Å². The highest BCUT2D eigenvalue weighted by Crippen LogP contribution is 2.35. The third-order valence-electron chi connectivity index (χ3n) is 5.36. The Morgan fingerprint density at radius 1 is 1.29 bits per heavy atom. The van der Waals surface area contributed by atoms with E-state index in [2.05, 4.69) is 42.4 Å². The summed E-state index contributed by atoms with van der Waals surface area (Å²) in [6.07, 6.45) is 0.361. The minimum atomic E-state index is -0.952. The smallest absolute Gasteiger partial charge is 0.320 e. The molecular weight excluding hydrogens is 302 g/mol. The highest BCUT2D eigenvalue weighted by Gasteiger charge is 2.29. The van der Waals surface area contributed by atoms with Crippen LogP contribution in [0.3, 0.4) is 0 Å². The van der Waals surface area contributed by atoms with E-state index in [-0.39, 0.29) is 5.54 Å². The van der Waals surface area contributed by atoms with Crippen molar-refractivity contribution in [3.63, 3.8) is 0 Å². The van der Waals surface area contributed by atoms with Crippen LogP contribution in [0, 0.1) is 6.92 Å². The lowest BCUT2D eigenvalue weighted by atomic mass is 10.00. The number of carboxylic acids is 1. The quantitative estimate of drug-likeness (QED) is 0.908. The summed E-state index contributed by atoms with van der Waals surface area (Å²) in [7, 11) is 2.04. The van der Waals surface area contributed by atoms with E-state index >= 15 is 0 Å². The van der Waals surface area contributed by atoms with Crippen LogP contribution in [0.15, 0.2) is 12.1 Å². The summed E-state index contributed by atoms with van der Waals surface area (Å²) < 4.78 is 2.15. The number of carbonyl (C=O) groups is 1. The third kappa shape index (κ3) is 2.72. The van der Waals surface area contributed by atoms with Crippen molar-refractivity contribution in [1.29, 1.82) is 0 Å². The van der Waals surface area contributed by atoms with Crippen molar-refractivity contribution < 1.29 is 9.90 Å². The molecule has 0 amide bonds. The van der Waals surface area contributed by atoms with Gasteiger partial charge in [0, 0.05) is 48.7 Å². The lowest BCUT2D eigenvalue weighted by Crippen LogP contribution is -2.36. The van der Waals surface area contributed by atoms with E-state index in [0.717, 1.165) is 35.2 Å². The number of hydrogen-bond donors (Lipinski definition) is 2. The van der Waals surface area contributed by atoms with Crippen molar-refractivity contribution in [3.8, 4) is 0 Å². The first kappa shape index (κ1) is 17.0. The van der Waals surface area contributed by atoms with E-state index in [0.29, 0.717) is 6.42 Å². The first-order valence-electron chi connectivity index (χ1n) is 8.42. The number of nitrogens with two attached hydrogens (primary N) is 1. The van der Waals surface area contributed by atoms with Crippen molar-refractivity contribution in [2.75, 3.05) is 0 Å². The van der Waals surface area contributed by atoms with E-state index < -0.39 is 12.0 Å². The number of benzene rings is 1. The zero-order chi connectivity index (χ0) is 17.8. The van der Waals surface area contributed by atoms with Crippen LogP contribution in [-0.2, 0) is 31.4 Å². The summed E-state index contributed by atoms with van der Waals surface area (Å²) in [5.74, 6) is -0.952. The average molecular weight is 329 g/mol. The molecule has 130 valence electrons. The second-order valence-corrected chi connectivity index (χ2v) is 7.94. The van der Waals surface area contributed by atoms with Gasteiger partial charge in [-0.2, -0.15) is 0 Å². The molecule has 1 unspecified atom stereocenters. The van der Waals surface area contributed by atoms with Crippen molar-refractivity contribution in [2.45, 2.75) is 58.8 Å². The van der Waals surface area contributed by atoms with Crippen molar-refractivity contribution >= 4 is 16.9 Å². The summed E-state index contributed by atoms with van der Waals surface area (Å²) in [5.41, 5.74) is 11.9. The Labute approximate surface area is 143 Å². The fourth-order valence-electron chi connectivity index (χ4n) is 3.57. The fraction of sp³-hybridized carbons (Fsp3) is 0.526. The van der Waals surface area contributed by atoms with Crippen LogP contribution in [0.4, 0.5) is 0 Å². The molecule has 1 aliphatic rings. The Morgan fingerprint density at radius 3 is 2.42 bits per heavy atom. The highest BCUT2D eigenvalue weighted by atomic mass is 16.4. The molecule has 0 fully saturated rings. The van der Waals surface area contributed by atoms with Gasteiger partial charge >= 0.3 is 5.97 Å². The molecule has 0 saturated heterocycles. The molecule has 0 radical (unpaired) electrons. The zero-order valence-corrected chi connectivity index (χ0v) is 15.2. The SMILES string of the molecule is Cc1c(CC(N)C(=O)O)c2cc3c(cc2n1C)CN(C(C)(C)C)C3. The molecule has 1 aromatic carbocycles. The summed E-state index contributed by atoms with van der Waals surface area (Å²) in [4.78, 5) is 13.6. The van der Waals surface area contributed by atoms with Crippen molar-refractivity contribution in [2.24, 2.45) is 12.8 Å². The van der Waals surface area contributed by atoms with Crippen LogP contribution in [0.1, 0.15) is 43.2 Å².